The number of aliphatic hydroxyl groups excluding tert-OH is 1. The lowest BCUT2D eigenvalue weighted by Crippen LogP contribution is -1.97. The highest BCUT2D eigenvalue weighted by molar-refractivity contribution is 5.65. The lowest BCUT2D eigenvalue weighted by atomic mass is 10.0. The molecule has 0 radical (unpaired) electrons. The third-order valence-electron chi connectivity index (χ3n) is 4.86. The fourth-order valence-corrected chi connectivity index (χ4v) is 3.18. The Bertz CT molecular complexity index is 993. The minimum absolute atomic E-state index is 0.280. The van der Waals surface area contributed by atoms with Gasteiger partial charge in [-0.2, -0.15) is 0 Å². The third-order valence-corrected chi connectivity index (χ3v) is 4.86. The van der Waals surface area contributed by atoms with Crippen LogP contribution in [0.15, 0.2) is 73.6 Å². The van der Waals surface area contributed by atoms with E-state index in [2.05, 4.69) is 28.7 Å². The summed E-state index contributed by atoms with van der Waals surface area (Å²) in [6.07, 6.45) is 12.3. The van der Waals surface area contributed by atoms with Crippen LogP contribution in [0.5, 0.6) is 0 Å². The van der Waals surface area contributed by atoms with Crippen molar-refractivity contribution in [3.05, 3.63) is 90.5 Å². The molecule has 1 heterocycles. The molecule has 1 unspecified atom stereocenters. The molecule has 3 nitrogen and oxygen atoms in total. The Morgan fingerprint density at radius 2 is 1.80 bits per heavy atom. The van der Waals surface area contributed by atoms with Gasteiger partial charge in [0.2, 0.25) is 0 Å². The Balaban J connectivity index is 1.68. The molecule has 154 valence electrons. The van der Waals surface area contributed by atoms with E-state index in [4.69, 9.17) is 0 Å². The minimum atomic E-state index is -0.345. The second-order valence-electron chi connectivity index (χ2n) is 7.41. The lowest BCUT2D eigenvalue weighted by molar-refractivity contribution is 0.182. The molecule has 1 atom stereocenters. The highest BCUT2D eigenvalue weighted by Gasteiger charge is 2.09. The van der Waals surface area contributed by atoms with Crippen LogP contribution in [0.3, 0.4) is 0 Å². The molecule has 0 spiro atoms. The largest absolute Gasteiger partial charge is 0.393 e. The molecule has 0 bridgehead atoms. The van der Waals surface area contributed by atoms with Crippen LogP contribution in [-0.4, -0.2) is 21.2 Å². The normalized spacial score (nSPS) is 12.2. The Hall–Kier alpha value is -3.11. The topological polar surface area (TPSA) is 46.0 Å². The van der Waals surface area contributed by atoms with Crippen molar-refractivity contribution in [1.82, 2.24) is 9.97 Å². The van der Waals surface area contributed by atoms with Gasteiger partial charge in [0.25, 0.3) is 0 Å². The summed E-state index contributed by atoms with van der Waals surface area (Å²) in [5, 5.41) is 9.27. The first kappa shape index (κ1) is 21.6. The number of unbranched alkanes of at least 4 members (excludes halogenated alkanes) is 1. The number of allylic oxidation sites excluding steroid dienone is 2. The van der Waals surface area contributed by atoms with E-state index in [1.165, 1.54) is 11.6 Å². The first-order chi connectivity index (χ1) is 14.6. The second kappa shape index (κ2) is 10.6. The molecule has 0 aliphatic carbocycles. The molecular formula is C26H27FN2O. The van der Waals surface area contributed by atoms with Crippen molar-refractivity contribution in [2.24, 2.45) is 0 Å². The molecule has 1 aromatic heterocycles. The van der Waals surface area contributed by atoms with Crippen LogP contribution < -0.4 is 0 Å². The van der Waals surface area contributed by atoms with Crippen molar-refractivity contribution in [3.8, 4) is 22.5 Å². The molecule has 0 saturated carbocycles. The standard InChI is InChI=1S/C26H27FN2O/c1-3-7-20-10-13-22(14-11-20)23-17-28-26(29-18-23)24-15-12-21(16-25(24)27)9-6-4-5-8-19(2)30/h3,6,9-19,30H,1,4-5,7-8H2,2H3/b9-6+. The van der Waals surface area contributed by atoms with Crippen molar-refractivity contribution in [3.63, 3.8) is 0 Å². The van der Waals surface area contributed by atoms with Gasteiger partial charge in [-0.05, 0) is 61.4 Å². The summed E-state index contributed by atoms with van der Waals surface area (Å²) >= 11 is 0. The van der Waals surface area contributed by atoms with Crippen molar-refractivity contribution in [1.29, 1.82) is 0 Å². The number of hydrogen-bond donors (Lipinski definition) is 1. The summed E-state index contributed by atoms with van der Waals surface area (Å²) in [4.78, 5) is 8.74. The fourth-order valence-electron chi connectivity index (χ4n) is 3.18. The van der Waals surface area contributed by atoms with Crippen LogP contribution in [0.1, 0.15) is 37.3 Å². The van der Waals surface area contributed by atoms with E-state index in [1.54, 1.807) is 25.4 Å². The fraction of sp³-hybridized carbons (Fsp3) is 0.231. The summed E-state index contributed by atoms with van der Waals surface area (Å²) in [6.45, 7) is 5.54. The van der Waals surface area contributed by atoms with Crippen LogP contribution in [0.4, 0.5) is 4.39 Å². The Morgan fingerprint density at radius 3 is 2.43 bits per heavy atom. The van der Waals surface area contributed by atoms with Crippen LogP contribution in [0.2, 0.25) is 0 Å². The molecule has 1 N–H and O–H groups in total. The second-order valence-corrected chi connectivity index (χ2v) is 7.41. The number of aromatic nitrogens is 2. The van der Waals surface area contributed by atoms with E-state index in [1.807, 2.05) is 36.4 Å². The summed E-state index contributed by atoms with van der Waals surface area (Å²) in [6, 6.07) is 13.2. The molecule has 3 aromatic rings. The maximum absolute atomic E-state index is 14.6. The van der Waals surface area contributed by atoms with E-state index in [9.17, 15) is 9.50 Å². The van der Waals surface area contributed by atoms with Crippen LogP contribution in [0.25, 0.3) is 28.6 Å². The molecular weight excluding hydrogens is 375 g/mol. The van der Waals surface area contributed by atoms with Gasteiger partial charge in [0.05, 0.1) is 11.7 Å². The minimum Gasteiger partial charge on any atom is -0.393 e. The average molecular weight is 403 g/mol. The molecule has 30 heavy (non-hydrogen) atoms. The molecule has 0 fully saturated rings. The summed E-state index contributed by atoms with van der Waals surface area (Å²) < 4.78 is 14.6. The zero-order valence-corrected chi connectivity index (χ0v) is 17.3. The number of rotatable bonds is 9. The molecule has 0 saturated heterocycles. The third kappa shape index (κ3) is 5.94. The highest BCUT2D eigenvalue weighted by atomic mass is 19.1. The average Bonchev–Trinajstić information content (AvgIpc) is 2.74. The van der Waals surface area contributed by atoms with Crippen molar-refractivity contribution < 1.29 is 9.50 Å². The Morgan fingerprint density at radius 1 is 1.07 bits per heavy atom. The van der Waals surface area contributed by atoms with Gasteiger partial charge in [-0.1, -0.05) is 48.6 Å². The van der Waals surface area contributed by atoms with Gasteiger partial charge in [-0.15, -0.1) is 6.58 Å². The van der Waals surface area contributed by atoms with Crippen LogP contribution >= 0.6 is 0 Å². The molecule has 2 aromatic carbocycles. The summed E-state index contributed by atoms with van der Waals surface area (Å²) in [5.41, 5.74) is 4.29. The first-order valence-electron chi connectivity index (χ1n) is 10.2. The SMILES string of the molecule is C=CCc1ccc(-c2cnc(-c3ccc(/C=C/CCCC(C)O)cc3F)nc2)cc1. The highest BCUT2D eigenvalue weighted by Crippen LogP contribution is 2.24. The zero-order chi connectivity index (χ0) is 21.3. The molecule has 0 aliphatic rings. The summed E-state index contributed by atoms with van der Waals surface area (Å²) in [5.74, 6) is 0.0228. The number of hydrogen-bond acceptors (Lipinski definition) is 3. The van der Waals surface area contributed by atoms with Gasteiger partial charge < -0.3 is 5.11 Å². The van der Waals surface area contributed by atoms with Gasteiger partial charge in [0.1, 0.15) is 5.82 Å². The van der Waals surface area contributed by atoms with E-state index in [-0.39, 0.29) is 11.9 Å². The molecule has 3 rings (SSSR count). The van der Waals surface area contributed by atoms with Crippen LogP contribution in [-0.2, 0) is 6.42 Å². The summed E-state index contributed by atoms with van der Waals surface area (Å²) in [7, 11) is 0. The van der Waals surface area contributed by atoms with Crippen molar-refractivity contribution >= 4 is 6.08 Å². The maximum Gasteiger partial charge on any atom is 0.162 e. The molecule has 0 amide bonds. The molecule has 4 heteroatoms. The smallest absolute Gasteiger partial charge is 0.162 e. The van der Waals surface area contributed by atoms with Gasteiger partial charge in [-0.3, -0.25) is 0 Å². The Kier molecular flexibility index (Phi) is 7.63. The van der Waals surface area contributed by atoms with E-state index in [0.29, 0.717) is 11.4 Å². The predicted octanol–water partition coefficient (Wildman–Crippen LogP) is 6.24. The number of nitrogens with zero attached hydrogens (tertiary/aromatic N) is 2. The van der Waals surface area contributed by atoms with Crippen molar-refractivity contribution in [2.45, 2.75) is 38.7 Å². The maximum atomic E-state index is 14.6. The number of benzene rings is 2. The quantitative estimate of drug-likeness (QED) is 0.340. The molecule has 0 aliphatic heterocycles. The van der Waals surface area contributed by atoms with Crippen LogP contribution in [0, 0.1) is 5.82 Å². The van der Waals surface area contributed by atoms with Gasteiger partial charge in [0.15, 0.2) is 5.82 Å². The lowest BCUT2D eigenvalue weighted by Gasteiger charge is -2.06. The predicted molar refractivity (Wildman–Crippen MR) is 121 cm³/mol. The number of halogens is 1. The van der Waals surface area contributed by atoms with E-state index in [0.717, 1.165) is 42.4 Å². The van der Waals surface area contributed by atoms with Gasteiger partial charge >= 0.3 is 0 Å². The Labute approximate surface area is 177 Å². The van der Waals surface area contributed by atoms with E-state index >= 15 is 0 Å². The zero-order valence-electron chi connectivity index (χ0n) is 17.3. The number of aliphatic hydroxyl groups is 1. The van der Waals surface area contributed by atoms with Gasteiger partial charge in [0, 0.05) is 18.0 Å². The monoisotopic (exact) mass is 402 g/mol. The van der Waals surface area contributed by atoms with E-state index < -0.39 is 0 Å². The van der Waals surface area contributed by atoms with Crippen molar-refractivity contribution in [2.75, 3.05) is 0 Å². The van der Waals surface area contributed by atoms with Gasteiger partial charge in [-0.25, -0.2) is 14.4 Å². The first-order valence-corrected chi connectivity index (χ1v) is 10.2.